The van der Waals surface area contributed by atoms with Crippen LogP contribution in [0.15, 0.2) is 168 Å². The number of hydrogen-bond donors (Lipinski definition) is 0. The maximum Gasteiger partial charge on any atom is 0.164 e. The fraction of sp³-hybridized carbons (Fsp3) is 0.0444. The van der Waals surface area contributed by atoms with Gasteiger partial charge in [-0.2, -0.15) is 0 Å². The Morgan fingerprint density at radius 2 is 0.939 bits per heavy atom. The third-order valence-electron chi connectivity index (χ3n) is 9.21. The SMILES string of the molecule is C1=CCCC(c2cc(-c3ccccc3)cc(-c3ccc(-c4nc(-c5ccccc5)nc(-c5ccc6c(c5)oc5ccccc56)n4)cc3)c2)=C1. The Morgan fingerprint density at radius 3 is 1.63 bits per heavy atom. The van der Waals surface area contributed by atoms with Crippen LogP contribution < -0.4 is 0 Å². The van der Waals surface area contributed by atoms with Crippen molar-refractivity contribution in [3.63, 3.8) is 0 Å². The maximum atomic E-state index is 6.21. The molecule has 0 aliphatic heterocycles. The van der Waals surface area contributed by atoms with E-state index in [0.29, 0.717) is 17.5 Å². The summed E-state index contributed by atoms with van der Waals surface area (Å²) in [5.74, 6) is 1.85. The van der Waals surface area contributed by atoms with Gasteiger partial charge >= 0.3 is 0 Å². The second-order valence-corrected chi connectivity index (χ2v) is 12.4. The van der Waals surface area contributed by atoms with Gasteiger partial charge in [0.25, 0.3) is 0 Å². The van der Waals surface area contributed by atoms with Gasteiger partial charge in [0.1, 0.15) is 11.2 Å². The summed E-state index contributed by atoms with van der Waals surface area (Å²) < 4.78 is 6.21. The predicted molar refractivity (Wildman–Crippen MR) is 201 cm³/mol. The van der Waals surface area contributed by atoms with Crippen LogP contribution in [-0.2, 0) is 0 Å². The van der Waals surface area contributed by atoms with Crippen LogP contribution >= 0.6 is 0 Å². The van der Waals surface area contributed by atoms with Gasteiger partial charge in [-0.25, -0.2) is 15.0 Å². The third-order valence-corrected chi connectivity index (χ3v) is 9.21. The van der Waals surface area contributed by atoms with Gasteiger partial charge in [0.15, 0.2) is 17.5 Å². The molecule has 49 heavy (non-hydrogen) atoms. The van der Waals surface area contributed by atoms with Crippen LogP contribution in [0.4, 0.5) is 0 Å². The molecule has 0 unspecified atom stereocenters. The fourth-order valence-corrected chi connectivity index (χ4v) is 6.65. The molecule has 1 aliphatic carbocycles. The van der Waals surface area contributed by atoms with E-state index in [1.54, 1.807) is 0 Å². The minimum Gasteiger partial charge on any atom is -0.456 e. The van der Waals surface area contributed by atoms with E-state index in [2.05, 4.69) is 109 Å². The molecule has 0 N–H and O–H groups in total. The minimum atomic E-state index is 0.602. The van der Waals surface area contributed by atoms with Gasteiger partial charge in [-0.3, -0.25) is 0 Å². The zero-order valence-corrected chi connectivity index (χ0v) is 26.8. The summed E-state index contributed by atoms with van der Waals surface area (Å²) in [5, 5.41) is 2.17. The van der Waals surface area contributed by atoms with Gasteiger partial charge in [-0.1, -0.05) is 127 Å². The highest BCUT2D eigenvalue weighted by Gasteiger charge is 2.15. The monoisotopic (exact) mass is 629 g/mol. The van der Waals surface area contributed by atoms with Crippen LogP contribution in [0.25, 0.3) is 83.9 Å². The highest BCUT2D eigenvalue weighted by atomic mass is 16.3. The number of allylic oxidation sites excluding steroid dienone is 4. The summed E-state index contributed by atoms with van der Waals surface area (Å²) in [7, 11) is 0. The number of nitrogens with zero attached hydrogens (tertiary/aromatic N) is 3. The van der Waals surface area contributed by atoms with E-state index in [0.717, 1.165) is 57.0 Å². The van der Waals surface area contributed by atoms with E-state index in [-0.39, 0.29) is 0 Å². The highest BCUT2D eigenvalue weighted by Crippen LogP contribution is 2.35. The van der Waals surface area contributed by atoms with E-state index in [1.807, 2.05) is 54.6 Å². The molecular weight excluding hydrogens is 599 g/mol. The van der Waals surface area contributed by atoms with Crippen LogP contribution in [0, 0.1) is 0 Å². The summed E-state index contributed by atoms with van der Waals surface area (Å²) in [6.07, 6.45) is 8.76. The lowest BCUT2D eigenvalue weighted by Gasteiger charge is -2.15. The third kappa shape index (κ3) is 5.64. The van der Waals surface area contributed by atoms with E-state index in [4.69, 9.17) is 19.4 Å². The molecule has 1 aliphatic rings. The molecule has 0 bridgehead atoms. The maximum absolute atomic E-state index is 6.21. The lowest BCUT2D eigenvalue weighted by atomic mass is 9.90. The molecule has 2 aromatic heterocycles. The number of aromatic nitrogens is 3. The predicted octanol–water partition coefficient (Wildman–Crippen LogP) is 11.8. The molecule has 0 fully saturated rings. The molecule has 0 atom stereocenters. The van der Waals surface area contributed by atoms with Crippen molar-refractivity contribution in [3.05, 3.63) is 169 Å². The smallest absolute Gasteiger partial charge is 0.164 e. The van der Waals surface area contributed by atoms with Crippen molar-refractivity contribution in [2.75, 3.05) is 0 Å². The van der Waals surface area contributed by atoms with Gasteiger partial charge in [-0.05, 0) is 82.6 Å². The normalized spacial score (nSPS) is 12.8. The van der Waals surface area contributed by atoms with E-state index >= 15 is 0 Å². The summed E-state index contributed by atoms with van der Waals surface area (Å²) in [5.41, 5.74) is 11.8. The number of para-hydroxylation sites is 1. The van der Waals surface area contributed by atoms with Crippen LogP contribution in [-0.4, -0.2) is 15.0 Å². The number of rotatable bonds is 6. The van der Waals surface area contributed by atoms with Crippen molar-refractivity contribution in [1.29, 1.82) is 0 Å². The first-order chi connectivity index (χ1) is 24.2. The second-order valence-electron chi connectivity index (χ2n) is 12.4. The van der Waals surface area contributed by atoms with Gasteiger partial charge < -0.3 is 4.42 Å². The van der Waals surface area contributed by atoms with Gasteiger partial charge in [0.2, 0.25) is 0 Å². The molecule has 0 amide bonds. The Balaban J connectivity index is 1.13. The molecule has 232 valence electrons. The van der Waals surface area contributed by atoms with Crippen molar-refractivity contribution in [2.45, 2.75) is 12.8 Å². The number of hydrogen-bond acceptors (Lipinski definition) is 4. The summed E-state index contributed by atoms with van der Waals surface area (Å²) >= 11 is 0. The van der Waals surface area contributed by atoms with Crippen molar-refractivity contribution in [1.82, 2.24) is 15.0 Å². The molecule has 6 aromatic carbocycles. The zero-order chi connectivity index (χ0) is 32.6. The van der Waals surface area contributed by atoms with Crippen LogP contribution in [0.2, 0.25) is 0 Å². The first-order valence-corrected chi connectivity index (χ1v) is 16.7. The molecule has 4 heteroatoms. The Labute approximate surface area is 284 Å². The molecule has 8 aromatic rings. The quantitative estimate of drug-likeness (QED) is 0.184. The molecular formula is C45H31N3O. The van der Waals surface area contributed by atoms with Crippen molar-refractivity contribution >= 4 is 27.5 Å². The van der Waals surface area contributed by atoms with E-state index in [9.17, 15) is 0 Å². The average molecular weight is 630 g/mol. The summed E-state index contributed by atoms with van der Waals surface area (Å²) in [6.45, 7) is 0. The van der Waals surface area contributed by atoms with E-state index < -0.39 is 0 Å². The van der Waals surface area contributed by atoms with Crippen molar-refractivity contribution in [2.24, 2.45) is 0 Å². The Kier molecular flexibility index (Phi) is 7.25. The number of benzene rings is 6. The van der Waals surface area contributed by atoms with Gasteiger partial charge in [0.05, 0.1) is 0 Å². The first kappa shape index (κ1) is 28.8. The Bertz CT molecular complexity index is 2530. The van der Waals surface area contributed by atoms with Crippen molar-refractivity contribution in [3.8, 4) is 56.4 Å². The largest absolute Gasteiger partial charge is 0.456 e. The topological polar surface area (TPSA) is 51.8 Å². The van der Waals surface area contributed by atoms with Crippen LogP contribution in [0.5, 0.6) is 0 Å². The van der Waals surface area contributed by atoms with Gasteiger partial charge in [0, 0.05) is 27.5 Å². The molecule has 0 saturated carbocycles. The molecule has 0 spiro atoms. The lowest BCUT2D eigenvalue weighted by Crippen LogP contribution is -2.00. The molecule has 9 rings (SSSR count). The van der Waals surface area contributed by atoms with Crippen LogP contribution in [0.1, 0.15) is 18.4 Å². The molecule has 0 saturated heterocycles. The first-order valence-electron chi connectivity index (χ1n) is 16.7. The number of furan rings is 1. The average Bonchev–Trinajstić information content (AvgIpc) is 3.57. The molecule has 2 heterocycles. The Hall–Kier alpha value is -6.39. The molecule has 4 nitrogen and oxygen atoms in total. The highest BCUT2D eigenvalue weighted by molar-refractivity contribution is 6.05. The number of fused-ring (bicyclic) bond motifs is 3. The minimum absolute atomic E-state index is 0.602. The zero-order valence-electron chi connectivity index (χ0n) is 26.8. The van der Waals surface area contributed by atoms with Crippen LogP contribution in [0.3, 0.4) is 0 Å². The Morgan fingerprint density at radius 1 is 0.408 bits per heavy atom. The standard InChI is InChI=1S/C45H31N3O/c1-4-12-30(13-5-1)36-26-37(31-14-6-2-7-15-31)28-38(27-36)32-20-22-34(23-21-32)44-46-43(33-16-8-3-9-17-33)47-45(48-44)35-24-25-40-39-18-10-11-19-41(39)49-42(40)29-35/h1-6,8-14,16-29H,7,15H2. The van der Waals surface area contributed by atoms with E-state index in [1.165, 1.54) is 27.8 Å². The summed E-state index contributed by atoms with van der Waals surface area (Å²) in [4.78, 5) is 14.9. The van der Waals surface area contributed by atoms with Crippen molar-refractivity contribution < 1.29 is 4.42 Å². The fourth-order valence-electron chi connectivity index (χ4n) is 6.65. The molecule has 0 radical (unpaired) electrons. The summed E-state index contributed by atoms with van der Waals surface area (Å²) in [6, 6.07) is 50.5. The lowest BCUT2D eigenvalue weighted by molar-refractivity contribution is 0.669. The van der Waals surface area contributed by atoms with Gasteiger partial charge in [-0.15, -0.1) is 0 Å². The second kappa shape index (κ2) is 12.3.